The number of ether oxygens (including phenoxy) is 1. The molecule has 1 aliphatic heterocycles. The molecule has 1 aromatic carbocycles. The normalized spacial score (nSPS) is 27.4. The Morgan fingerprint density at radius 1 is 1.26 bits per heavy atom. The van der Waals surface area contributed by atoms with Crippen LogP contribution in [0.5, 0.6) is 5.75 Å². The number of methoxy groups -OCH3 is 1. The molecule has 0 radical (unpaired) electrons. The maximum atomic E-state index is 12.9. The van der Waals surface area contributed by atoms with E-state index in [4.69, 9.17) is 4.74 Å². The summed E-state index contributed by atoms with van der Waals surface area (Å²) in [4.78, 5) is 15.2. The minimum atomic E-state index is -0.608. The second-order valence-electron chi connectivity index (χ2n) is 9.61. The molecule has 1 amide bonds. The van der Waals surface area contributed by atoms with Crippen LogP contribution in [0.1, 0.15) is 83.2 Å². The van der Waals surface area contributed by atoms with Crippen molar-refractivity contribution in [2.45, 2.75) is 83.3 Å². The summed E-state index contributed by atoms with van der Waals surface area (Å²) >= 11 is 0. The highest BCUT2D eigenvalue weighted by Crippen LogP contribution is 2.49. The molecule has 2 aliphatic rings. The first-order valence-electron chi connectivity index (χ1n) is 12.4. The van der Waals surface area contributed by atoms with Crippen molar-refractivity contribution in [3.63, 3.8) is 0 Å². The van der Waals surface area contributed by atoms with E-state index in [9.17, 15) is 9.90 Å². The van der Waals surface area contributed by atoms with Gasteiger partial charge in [0.15, 0.2) is 0 Å². The van der Waals surface area contributed by atoms with Gasteiger partial charge >= 0.3 is 0 Å². The molecule has 2 fully saturated rings. The zero-order valence-electron chi connectivity index (χ0n) is 19.7. The molecule has 3 rings (SSSR count). The number of nitrogens with one attached hydrogen (secondary N) is 1. The number of hydrogen-bond acceptors (Lipinski definition) is 4. The SMILES string of the molecule is CCCC[C@H](CC)CNC(=O)CN1CC[C@@]2(O)CCCC[C@@H]2[C@@H]1c1ccc(OC)cc1. The number of hydrogen-bond donors (Lipinski definition) is 2. The van der Waals surface area contributed by atoms with Crippen molar-refractivity contribution in [2.24, 2.45) is 11.8 Å². The van der Waals surface area contributed by atoms with Gasteiger partial charge in [-0.25, -0.2) is 0 Å². The van der Waals surface area contributed by atoms with Gasteiger partial charge in [0.25, 0.3) is 0 Å². The maximum Gasteiger partial charge on any atom is 0.234 e. The minimum Gasteiger partial charge on any atom is -0.497 e. The molecular formula is C26H42N2O3. The number of carbonyl (C=O) groups excluding carboxylic acids is 1. The number of nitrogens with zero attached hydrogens (tertiary/aromatic N) is 1. The summed E-state index contributed by atoms with van der Waals surface area (Å²) < 4.78 is 5.34. The highest BCUT2D eigenvalue weighted by atomic mass is 16.5. The van der Waals surface area contributed by atoms with Crippen molar-refractivity contribution < 1.29 is 14.6 Å². The molecule has 2 N–H and O–H groups in total. The second kappa shape index (κ2) is 11.3. The lowest BCUT2D eigenvalue weighted by molar-refractivity contribution is -0.138. The van der Waals surface area contributed by atoms with E-state index in [1.165, 1.54) is 24.8 Å². The van der Waals surface area contributed by atoms with Gasteiger partial charge in [0.05, 0.1) is 19.3 Å². The number of likely N-dealkylation sites (tertiary alicyclic amines) is 1. The Morgan fingerprint density at radius 3 is 2.71 bits per heavy atom. The number of carbonyl (C=O) groups is 1. The fraction of sp³-hybridized carbons (Fsp3) is 0.731. The third-order valence-electron chi connectivity index (χ3n) is 7.61. The van der Waals surface area contributed by atoms with Crippen LogP contribution in [0.15, 0.2) is 24.3 Å². The van der Waals surface area contributed by atoms with Crippen LogP contribution < -0.4 is 10.1 Å². The number of piperidine rings is 1. The number of aliphatic hydroxyl groups is 1. The molecule has 1 saturated heterocycles. The lowest BCUT2D eigenvalue weighted by Gasteiger charge is -2.52. The molecule has 0 bridgehead atoms. The van der Waals surface area contributed by atoms with Crippen LogP contribution in [0, 0.1) is 11.8 Å². The molecule has 0 spiro atoms. The zero-order valence-corrected chi connectivity index (χ0v) is 19.7. The van der Waals surface area contributed by atoms with Crippen LogP contribution in [-0.4, -0.2) is 48.3 Å². The second-order valence-corrected chi connectivity index (χ2v) is 9.61. The van der Waals surface area contributed by atoms with Crippen LogP contribution >= 0.6 is 0 Å². The van der Waals surface area contributed by atoms with Gasteiger partial charge in [-0.15, -0.1) is 0 Å². The van der Waals surface area contributed by atoms with E-state index >= 15 is 0 Å². The summed E-state index contributed by atoms with van der Waals surface area (Å²) in [7, 11) is 1.68. The van der Waals surface area contributed by atoms with Gasteiger partial charge in [0.2, 0.25) is 5.91 Å². The summed E-state index contributed by atoms with van der Waals surface area (Å²) in [6.45, 7) is 6.34. The third kappa shape index (κ3) is 6.01. The number of benzene rings is 1. The molecule has 5 nitrogen and oxygen atoms in total. The standard InChI is InChI=1S/C26H42N2O3/c1-4-6-9-20(5-2)18-27-24(29)19-28-17-16-26(30)15-8-7-10-23(26)25(28)21-11-13-22(31-3)14-12-21/h11-14,20,23,25,30H,4-10,15-19H2,1-3H3,(H,27,29)/t20-,23+,25-,26-/m0/s1. The lowest BCUT2D eigenvalue weighted by Crippen LogP contribution is -2.56. The first-order chi connectivity index (χ1) is 15.0. The number of rotatable bonds is 10. The molecule has 31 heavy (non-hydrogen) atoms. The Morgan fingerprint density at radius 2 is 2.03 bits per heavy atom. The van der Waals surface area contributed by atoms with E-state index in [0.29, 0.717) is 12.5 Å². The summed E-state index contributed by atoms with van der Waals surface area (Å²) in [6.07, 6.45) is 9.60. The summed E-state index contributed by atoms with van der Waals surface area (Å²) in [5.74, 6) is 1.67. The maximum absolute atomic E-state index is 12.9. The van der Waals surface area contributed by atoms with Crippen LogP contribution in [0.4, 0.5) is 0 Å². The Labute approximate surface area is 188 Å². The predicted octanol–water partition coefficient (Wildman–Crippen LogP) is 4.70. The average Bonchev–Trinajstić information content (AvgIpc) is 2.79. The monoisotopic (exact) mass is 430 g/mol. The highest BCUT2D eigenvalue weighted by Gasteiger charge is 2.49. The Bertz CT molecular complexity index is 692. The van der Waals surface area contributed by atoms with Crippen LogP contribution in [0.2, 0.25) is 0 Å². The van der Waals surface area contributed by atoms with Gasteiger partial charge in [-0.1, -0.05) is 58.1 Å². The summed E-state index contributed by atoms with van der Waals surface area (Å²) in [6, 6.07) is 8.25. The average molecular weight is 431 g/mol. The van der Waals surface area contributed by atoms with E-state index < -0.39 is 5.60 Å². The first kappa shape index (κ1) is 24.1. The minimum absolute atomic E-state index is 0.0674. The van der Waals surface area contributed by atoms with Gasteiger partial charge in [-0.3, -0.25) is 9.69 Å². The van der Waals surface area contributed by atoms with Crippen LogP contribution in [0.3, 0.4) is 0 Å². The molecule has 174 valence electrons. The van der Waals surface area contributed by atoms with Gasteiger partial charge < -0.3 is 15.2 Å². The first-order valence-corrected chi connectivity index (χ1v) is 12.4. The highest BCUT2D eigenvalue weighted by molar-refractivity contribution is 5.78. The van der Waals surface area contributed by atoms with Crippen LogP contribution in [0.25, 0.3) is 0 Å². The number of fused-ring (bicyclic) bond motifs is 1. The van der Waals surface area contributed by atoms with Gasteiger partial charge in [0.1, 0.15) is 5.75 Å². The lowest BCUT2D eigenvalue weighted by atomic mass is 9.66. The molecule has 4 atom stereocenters. The summed E-state index contributed by atoms with van der Waals surface area (Å²) in [5, 5.41) is 14.6. The molecule has 0 unspecified atom stereocenters. The van der Waals surface area contributed by atoms with Crippen molar-refractivity contribution in [3.05, 3.63) is 29.8 Å². The number of unbranched alkanes of at least 4 members (excludes halogenated alkanes) is 1. The van der Waals surface area contributed by atoms with E-state index in [2.05, 4.69) is 36.2 Å². The van der Waals surface area contributed by atoms with Crippen LogP contribution in [-0.2, 0) is 4.79 Å². The fourth-order valence-corrected chi connectivity index (χ4v) is 5.61. The van der Waals surface area contributed by atoms with E-state index in [0.717, 1.165) is 57.4 Å². The third-order valence-corrected chi connectivity index (χ3v) is 7.61. The molecular weight excluding hydrogens is 388 g/mol. The Hall–Kier alpha value is -1.59. The van der Waals surface area contributed by atoms with Crippen molar-refractivity contribution >= 4 is 5.91 Å². The van der Waals surface area contributed by atoms with E-state index in [-0.39, 0.29) is 17.9 Å². The van der Waals surface area contributed by atoms with Crippen molar-refractivity contribution in [1.82, 2.24) is 10.2 Å². The molecule has 1 aliphatic carbocycles. The quantitative estimate of drug-likeness (QED) is 0.565. The fourth-order valence-electron chi connectivity index (χ4n) is 5.61. The van der Waals surface area contributed by atoms with Crippen molar-refractivity contribution in [3.8, 4) is 5.75 Å². The Kier molecular flexibility index (Phi) is 8.79. The van der Waals surface area contributed by atoms with E-state index in [1.54, 1.807) is 7.11 Å². The number of amides is 1. The summed E-state index contributed by atoms with van der Waals surface area (Å²) in [5.41, 5.74) is 0.566. The Balaban J connectivity index is 1.71. The topological polar surface area (TPSA) is 61.8 Å². The zero-order chi connectivity index (χ0) is 22.3. The van der Waals surface area contributed by atoms with Crippen molar-refractivity contribution in [1.29, 1.82) is 0 Å². The molecule has 5 heteroatoms. The largest absolute Gasteiger partial charge is 0.497 e. The van der Waals surface area contributed by atoms with Gasteiger partial charge in [-0.2, -0.15) is 0 Å². The van der Waals surface area contributed by atoms with E-state index in [1.807, 2.05) is 12.1 Å². The molecule has 0 aromatic heterocycles. The van der Waals surface area contributed by atoms with Gasteiger partial charge in [0, 0.05) is 25.0 Å². The smallest absolute Gasteiger partial charge is 0.234 e. The van der Waals surface area contributed by atoms with Gasteiger partial charge in [-0.05, 0) is 49.3 Å². The molecule has 1 heterocycles. The molecule has 1 aromatic rings. The van der Waals surface area contributed by atoms with Crippen molar-refractivity contribution in [2.75, 3.05) is 26.7 Å². The molecule has 1 saturated carbocycles. The predicted molar refractivity (Wildman–Crippen MR) is 125 cm³/mol.